The second-order valence-corrected chi connectivity index (χ2v) is 7.63. The number of amides is 3. The molecule has 9 heteroatoms. The van der Waals surface area contributed by atoms with Crippen molar-refractivity contribution in [1.82, 2.24) is 10.6 Å². The molecule has 1 aromatic carbocycles. The second-order valence-electron chi connectivity index (χ2n) is 6.85. The molecule has 0 spiro atoms. The van der Waals surface area contributed by atoms with Crippen LogP contribution in [0.5, 0.6) is 0 Å². The van der Waals surface area contributed by atoms with Crippen molar-refractivity contribution < 1.29 is 23.5 Å². The third-order valence-corrected chi connectivity index (χ3v) is 3.76. The molecule has 0 aliphatic heterocycles. The molecule has 1 heterocycles. The van der Waals surface area contributed by atoms with Crippen molar-refractivity contribution in [1.29, 1.82) is 0 Å². The van der Waals surface area contributed by atoms with E-state index >= 15 is 0 Å². The molecule has 0 aliphatic rings. The maximum absolute atomic E-state index is 12.2. The lowest BCUT2D eigenvalue weighted by Gasteiger charge is -2.19. The predicted molar refractivity (Wildman–Crippen MR) is 107 cm³/mol. The number of alkyl carbamates (subject to hydrolysis) is 1. The summed E-state index contributed by atoms with van der Waals surface area (Å²) < 4.78 is 10.7. The van der Waals surface area contributed by atoms with Crippen molar-refractivity contribution in [3.05, 3.63) is 52.4 Å². The lowest BCUT2D eigenvalue weighted by atomic mass is 10.1. The third kappa shape index (κ3) is 7.07. The van der Waals surface area contributed by atoms with Crippen molar-refractivity contribution in [2.75, 3.05) is 11.9 Å². The van der Waals surface area contributed by atoms with Crippen LogP contribution in [0.1, 0.15) is 36.9 Å². The van der Waals surface area contributed by atoms with Gasteiger partial charge in [-0.05, 0) is 60.5 Å². The molecule has 1 aromatic heterocycles. The number of ether oxygens (including phenoxy) is 1. The summed E-state index contributed by atoms with van der Waals surface area (Å²) in [5.41, 5.74) is 0.605. The number of furan rings is 1. The van der Waals surface area contributed by atoms with Gasteiger partial charge in [-0.3, -0.25) is 9.59 Å². The Labute approximate surface area is 171 Å². The summed E-state index contributed by atoms with van der Waals surface area (Å²) >= 11 is 3.15. The van der Waals surface area contributed by atoms with Crippen molar-refractivity contribution >= 4 is 39.5 Å². The number of para-hydroxylation sites is 1. The van der Waals surface area contributed by atoms with Gasteiger partial charge in [0.25, 0.3) is 5.91 Å². The highest BCUT2D eigenvalue weighted by atomic mass is 79.9. The van der Waals surface area contributed by atoms with E-state index in [2.05, 4.69) is 31.9 Å². The molecule has 0 atom stereocenters. The molecule has 0 saturated carbocycles. The first-order chi connectivity index (χ1) is 13.1. The Morgan fingerprint density at radius 3 is 2.43 bits per heavy atom. The predicted octanol–water partition coefficient (Wildman–Crippen LogP) is 3.44. The zero-order chi connectivity index (χ0) is 20.7. The standard InChI is InChI=1S/C19H22BrN3O5/c1-19(2,3)28-18(26)22-11-16(24)21-10-12-6-4-5-7-13(12)23-17(25)14-8-9-15(20)27-14/h4-9H,10-11H2,1-3H3,(H,21,24)(H,22,26)(H,23,25). The summed E-state index contributed by atoms with van der Waals surface area (Å²) in [6.07, 6.45) is -0.667. The molecule has 0 fully saturated rings. The first-order valence-electron chi connectivity index (χ1n) is 8.52. The summed E-state index contributed by atoms with van der Waals surface area (Å²) in [6.45, 7) is 5.16. The van der Waals surface area contributed by atoms with Crippen LogP contribution < -0.4 is 16.0 Å². The van der Waals surface area contributed by atoms with Crippen LogP contribution in [0.3, 0.4) is 0 Å². The Bertz CT molecular complexity index is 857. The molecule has 0 radical (unpaired) electrons. The van der Waals surface area contributed by atoms with Gasteiger partial charge in [0.15, 0.2) is 10.4 Å². The fourth-order valence-electron chi connectivity index (χ4n) is 2.14. The second kappa shape index (κ2) is 9.41. The molecule has 0 unspecified atom stereocenters. The van der Waals surface area contributed by atoms with E-state index in [-0.39, 0.29) is 24.8 Å². The molecule has 8 nitrogen and oxygen atoms in total. The van der Waals surface area contributed by atoms with Crippen LogP contribution in [0.2, 0.25) is 0 Å². The van der Waals surface area contributed by atoms with Gasteiger partial charge in [0.1, 0.15) is 12.1 Å². The van der Waals surface area contributed by atoms with E-state index < -0.39 is 17.6 Å². The molecule has 28 heavy (non-hydrogen) atoms. The number of anilines is 1. The molecular weight excluding hydrogens is 430 g/mol. The summed E-state index contributed by atoms with van der Waals surface area (Å²) in [5.74, 6) is -0.634. The fourth-order valence-corrected chi connectivity index (χ4v) is 2.45. The minimum Gasteiger partial charge on any atom is -0.444 e. The highest BCUT2D eigenvalue weighted by Gasteiger charge is 2.17. The molecule has 0 saturated heterocycles. The summed E-state index contributed by atoms with van der Waals surface area (Å²) in [5, 5.41) is 7.81. The van der Waals surface area contributed by atoms with Crippen LogP contribution in [-0.4, -0.2) is 30.1 Å². The van der Waals surface area contributed by atoms with Crippen molar-refractivity contribution in [3.63, 3.8) is 0 Å². The number of hydrogen-bond acceptors (Lipinski definition) is 5. The highest BCUT2D eigenvalue weighted by molar-refractivity contribution is 9.10. The van der Waals surface area contributed by atoms with E-state index in [0.29, 0.717) is 15.9 Å². The first-order valence-corrected chi connectivity index (χ1v) is 9.31. The fraction of sp³-hybridized carbons (Fsp3) is 0.316. The smallest absolute Gasteiger partial charge is 0.408 e. The van der Waals surface area contributed by atoms with Crippen LogP contribution in [0.4, 0.5) is 10.5 Å². The van der Waals surface area contributed by atoms with Crippen LogP contribution in [0, 0.1) is 0 Å². The average Bonchev–Trinajstić information content (AvgIpc) is 3.04. The van der Waals surface area contributed by atoms with Crippen LogP contribution >= 0.6 is 15.9 Å². The lowest BCUT2D eigenvalue weighted by molar-refractivity contribution is -0.120. The molecule has 2 rings (SSSR count). The van der Waals surface area contributed by atoms with Crippen molar-refractivity contribution in [2.24, 2.45) is 0 Å². The molecule has 150 valence electrons. The first kappa shape index (κ1) is 21.5. The minimum atomic E-state index is -0.667. The SMILES string of the molecule is CC(C)(C)OC(=O)NCC(=O)NCc1ccccc1NC(=O)c1ccc(Br)o1. The number of carbonyl (C=O) groups is 3. The van der Waals surface area contributed by atoms with Gasteiger partial charge in [-0.25, -0.2) is 4.79 Å². The van der Waals surface area contributed by atoms with Crippen LogP contribution in [0.25, 0.3) is 0 Å². The summed E-state index contributed by atoms with van der Waals surface area (Å²) in [6, 6.07) is 10.2. The zero-order valence-electron chi connectivity index (χ0n) is 15.8. The van der Waals surface area contributed by atoms with Gasteiger partial charge in [-0.2, -0.15) is 0 Å². The highest BCUT2D eigenvalue weighted by Crippen LogP contribution is 2.18. The van der Waals surface area contributed by atoms with Crippen LogP contribution in [-0.2, 0) is 16.1 Å². The molecule has 2 aromatic rings. The van der Waals surface area contributed by atoms with Gasteiger partial charge in [-0.15, -0.1) is 0 Å². The Balaban J connectivity index is 1.88. The number of hydrogen-bond donors (Lipinski definition) is 3. The van der Waals surface area contributed by atoms with E-state index in [1.54, 1.807) is 57.2 Å². The number of halogens is 1. The normalized spacial score (nSPS) is 10.9. The monoisotopic (exact) mass is 451 g/mol. The van der Waals surface area contributed by atoms with Gasteiger partial charge in [0.2, 0.25) is 5.91 Å². The van der Waals surface area contributed by atoms with E-state index in [9.17, 15) is 14.4 Å². The van der Waals surface area contributed by atoms with Crippen molar-refractivity contribution in [3.8, 4) is 0 Å². The van der Waals surface area contributed by atoms with Gasteiger partial charge in [0.05, 0.1) is 0 Å². The topological polar surface area (TPSA) is 110 Å². The largest absolute Gasteiger partial charge is 0.444 e. The van der Waals surface area contributed by atoms with Gasteiger partial charge >= 0.3 is 6.09 Å². The van der Waals surface area contributed by atoms with E-state index in [0.717, 1.165) is 0 Å². The number of rotatable bonds is 6. The van der Waals surface area contributed by atoms with E-state index in [1.807, 2.05) is 0 Å². The molecule has 0 aliphatic carbocycles. The maximum Gasteiger partial charge on any atom is 0.408 e. The van der Waals surface area contributed by atoms with Crippen molar-refractivity contribution in [2.45, 2.75) is 32.9 Å². The Hall–Kier alpha value is -2.81. The van der Waals surface area contributed by atoms with Gasteiger partial charge in [0, 0.05) is 12.2 Å². The minimum absolute atomic E-state index is 0.160. The Kier molecular flexibility index (Phi) is 7.22. The lowest BCUT2D eigenvalue weighted by Crippen LogP contribution is -2.39. The molecular formula is C19H22BrN3O5. The summed E-state index contributed by atoms with van der Waals surface area (Å²) in [7, 11) is 0. The Morgan fingerprint density at radius 2 is 1.79 bits per heavy atom. The maximum atomic E-state index is 12.2. The number of nitrogens with one attached hydrogen (secondary N) is 3. The number of carbonyl (C=O) groups excluding carboxylic acids is 3. The number of benzene rings is 1. The third-order valence-electron chi connectivity index (χ3n) is 3.33. The molecule has 0 bridgehead atoms. The Morgan fingerprint density at radius 1 is 1.07 bits per heavy atom. The molecule has 3 N–H and O–H groups in total. The average molecular weight is 452 g/mol. The molecule has 3 amide bonds. The van der Waals surface area contributed by atoms with Crippen LogP contribution in [0.15, 0.2) is 45.5 Å². The van der Waals surface area contributed by atoms with E-state index in [4.69, 9.17) is 9.15 Å². The van der Waals surface area contributed by atoms with E-state index in [1.165, 1.54) is 0 Å². The summed E-state index contributed by atoms with van der Waals surface area (Å²) in [4.78, 5) is 35.8. The van der Waals surface area contributed by atoms with Gasteiger partial charge in [-0.1, -0.05) is 18.2 Å². The zero-order valence-corrected chi connectivity index (χ0v) is 17.4. The quantitative estimate of drug-likeness (QED) is 0.622. The van der Waals surface area contributed by atoms with Gasteiger partial charge < -0.3 is 25.1 Å².